The molecule has 0 N–H and O–H groups in total. The van der Waals surface area contributed by atoms with E-state index in [2.05, 4.69) is 0 Å². The predicted octanol–water partition coefficient (Wildman–Crippen LogP) is 4.56. The second kappa shape index (κ2) is 12.5. The molecule has 2 aliphatic rings. The van der Waals surface area contributed by atoms with Crippen molar-refractivity contribution in [1.82, 2.24) is 9.21 Å². The van der Waals surface area contributed by atoms with Crippen LogP contribution < -0.4 is 9.47 Å². The Labute approximate surface area is 243 Å². The lowest BCUT2D eigenvalue weighted by Crippen LogP contribution is -2.44. The molecular formula is C25H29Cl3N2O8S. The highest BCUT2D eigenvalue weighted by Gasteiger charge is 2.44. The molecule has 1 amide bonds. The number of amides is 1. The van der Waals surface area contributed by atoms with E-state index in [0.29, 0.717) is 41.9 Å². The van der Waals surface area contributed by atoms with Crippen LogP contribution in [0.25, 0.3) is 0 Å². The number of benzene rings is 2. The van der Waals surface area contributed by atoms with Crippen molar-refractivity contribution >= 4 is 57.5 Å². The Morgan fingerprint density at radius 2 is 1.79 bits per heavy atom. The fourth-order valence-electron chi connectivity index (χ4n) is 4.30. The van der Waals surface area contributed by atoms with E-state index in [4.69, 9.17) is 42.1 Å². The lowest BCUT2D eigenvalue weighted by molar-refractivity contribution is -0.0373. The molecule has 2 aromatic carbocycles. The number of methoxy groups -OCH3 is 1. The van der Waals surface area contributed by atoms with Gasteiger partial charge in [-0.05, 0) is 36.6 Å². The van der Waals surface area contributed by atoms with Crippen LogP contribution >= 0.6 is 35.6 Å². The smallest absolute Gasteiger partial charge is 0.343 e. The Morgan fingerprint density at radius 1 is 1.13 bits per heavy atom. The number of carbonyl (C=O) groups excluding carboxylic acids is 2. The van der Waals surface area contributed by atoms with Gasteiger partial charge in [-0.1, -0.05) is 37.0 Å². The van der Waals surface area contributed by atoms with Gasteiger partial charge in [0.05, 0.1) is 35.9 Å². The molecule has 0 bridgehead atoms. The summed E-state index contributed by atoms with van der Waals surface area (Å²) >= 11 is 12.7. The number of rotatable bonds is 8. The second-order valence-electron chi connectivity index (χ2n) is 9.06. The van der Waals surface area contributed by atoms with Gasteiger partial charge in [-0.25, -0.2) is 13.2 Å². The number of esters is 1. The van der Waals surface area contributed by atoms with Gasteiger partial charge in [0.2, 0.25) is 0 Å². The fraction of sp³-hybridized carbons (Fsp3) is 0.440. The minimum absolute atomic E-state index is 0. The first-order valence-electron chi connectivity index (χ1n) is 11.9. The zero-order valence-electron chi connectivity index (χ0n) is 21.7. The molecule has 10 nitrogen and oxygen atoms in total. The van der Waals surface area contributed by atoms with E-state index in [9.17, 15) is 18.0 Å². The molecule has 214 valence electrons. The summed E-state index contributed by atoms with van der Waals surface area (Å²) in [6.45, 7) is 7.14. The zero-order valence-corrected chi connectivity index (χ0v) is 24.9. The monoisotopic (exact) mass is 622 g/mol. The van der Waals surface area contributed by atoms with E-state index < -0.39 is 28.6 Å². The highest BCUT2D eigenvalue weighted by Crippen LogP contribution is 2.39. The van der Waals surface area contributed by atoms with Crippen LogP contribution in [0.4, 0.5) is 0 Å². The van der Waals surface area contributed by atoms with Gasteiger partial charge in [0.25, 0.3) is 15.9 Å². The number of ether oxygens (including phenoxy) is 4. The molecule has 14 heteroatoms. The predicted molar refractivity (Wildman–Crippen MR) is 147 cm³/mol. The first kappa shape index (κ1) is 31.3. The molecule has 0 aliphatic carbocycles. The van der Waals surface area contributed by atoms with Crippen molar-refractivity contribution in [3.63, 3.8) is 0 Å². The maximum atomic E-state index is 13.2. The van der Waals surface area contributed by atoms with Crippen molar-refractivity contribution in [1.29, 1.82) is 0 Å². The Balaban J connectivity index is 0.00000420. The zero-order chi connectivity index (χ0) is 27.8. The quantitative estimate of drug-likeness (QED) is 0.391. The number of nitrogens with zero attached hydrogens (tertiary/aromatic N) is 2. The summed E-state index contributed by atoms with van der Waals surface area (Å²) in [6.07, 6.45) is -0.362. The van der Waals surface area contributed by atoms with Crippen LogP contribution in [0.3, 0.4) is 0 Å². The van der Waals surface area contributed by atoms with Gasteiger partial charge >= 0.3 is 5.97 Å². The Hall–Kier alpha value is -2.28. The van der Waals surface area contributed by atoms with E-state index in [0.717, 1.165) is 0 Å². The van der Waals surface area contributed by atoms with Crippen LogP contribution in [0.2, 0.25) is 10.0 Å². The second-order valence-corrected chi connectivity index (χ2v) is 11.7. The van der Waals surface area contributed by atoms with Gasteiger partial charge in [0.15, 0.2) is 6.73 Å². The summed E-state index contributed by atoms with van der Waals surface area (Å²) in [5, 5.41) is -0.106. The van der Waals surface area contributed by atoms with Crippen LogP contribution in [0.5, 0.6) is 11.5 Å². The fourth-order valence-corrected chi connectivity index (χ4v) is 6.33. The van der Waals surface area contributed by atoms with Crippen LogP contribution in [0.15, 0.2) is 29.2 Å². The third-order valence-electron chi connectivity index (χ3n) is 6.40. The summed E-state index contributed by atoms with van der Waals surface area (Å²) < 4.78 is 48.7. The van der Waals surface area contributed by atoms with Gasteiger partial charge in [0.1, 0.15) is 28.2 Å². The Bertz CT molecular complexity index is 1360. The lowest BCUT2D eigenvalue weighted by atomic mass is 9.96. The van der Waals surface area contributed by atoms with Crippen molar-refractivity contribution in [3.05, 3.63) is 51.0 Å². The first-order valence-corrected chi connectivity index (χ1v) is 14.1. The number of morpholine rings is 1. The number of sulfonamides is 1. The van der Waals surface area contributed by atoms with Gasteiger partial charge in [0, 0.05) is 19.2 Å². The molecule has 0 saturated carbocycles. The SMILES string of the molecule is COc1cc(C(C)C)c2c(c1)S(=O)(=O)N(COC(=O)c1c(Cl)ccc(OC(C)N3CCOCC3)c1Cl)C2=O.Cl. The third-order valence-corrected chi connectivity index (χ3v) is 8.82. The number of hydrogen-bond donors (Lipinski definition) is 0. The average molecular weight is 624 g/mol. The Kier molecular flexibility index (Phi) is 10.0. The summed E-state index contributed by atoms with van der Waals surface area (Å²) in [5.74, 6) is -1.48. The van der Waals surface area contributed by atoms with E-state index in [1.165, 1.54) is 25.3 Å². The number of carbonyl (C=O) groups is 2. The standard InChI is InChI=1S/C25H28Cl2N2O8S.ClH/c1-14(2)17-11-16(34-4)12-20-21(17)24(30)29(38(20,32)33)13-36-25(31)22-18(26)5-6-19(23(22)27)37-15(3)28-7-9-35-10-8-28;/h5-6,11-12,14-15H,7-10,13H2,1-4H3;1H. The Morgan fingerprint density at radius 3 is 2.41 bits per heavy atom. The summed E-state index contributed by atoms with van der Waals surface area (Å²) in [5.41, 5.74) is 0.332. The van der Waals surface area contributed by atoms with E-state index >= 15 is 0 Å². The van der Waals surface area contributed by atoms with Crippen molar-refractivity contribution in [2.45, 2.75) is 37.8 Å². The molecule has 4 rings (SSSR count). The van der Waals surface area contributed by atoms with Gasteiger partial charge in [-0.15, -0.1) is 12.4 Å². The first-order chi connectivity index (χ1) is 18.0. The number of fused-ring (bicyclic) bond motifs is 1. The number of halogens is 3. The molecule has 2 aromatic rings. The van der Waals surface area contributed by atoms with Crippen LogP contribution in [-0.4, -0.2) is 75.9 Å². The van der Waals surface area contributed by atoms with Crippen molar-refractivity contribution in [3.8, 4) is 11.5 Å². The van der Waals surface area contributed by atoms with Crippen molar-refractivity contribution in [2.75, 3.05) is 40.1 Å². The molecular weight excluding hydrogens is 595 g/mol. The van der Waals surface area contributed by atoms with Gasteiger partial charge in [-0.3, -0.25) is 9.69 Å². The molecule has 1 atom stereocenters. The molecule has 2 heterocycles. The van der Waals surface area contributed by atoms with E-state index in [1.54, 1.807) is 6.07 Å². The van der Waals surface area contributed by atoms with E-state index in [1.807, 2.05) is 25.7 Å². The minimum atomic E-state index is -4.30. The summed E-state index contributed by atoms with van der Waals surface area (Å²) in [7, 11) is -2.89. The summed E-state index contributed by atoms with van der Waals surface area (Å²) in [4.78, 5) is 28.0. The molecule has 0 spiro atoms. The maximum absolute atomic E-state index is 13.2. The normalized spacial score (nSPS) is 17.4. The molecule has 1 fully saturated rings. The van der Waals surface area contributed by atoms with Gasteiger partial charge < -0.3 is 18.9 Å². The number of hydrogen-bond acceptors (Lipinski definition) is 9. The molecule has 1 unspecified atom stereocenters. The largest absolute Gasteiger partial charge is 0.497 e. The molecule has 1 saturated heterocycles. The van der Waals surface area contributed by atoms with E-state index in [-0.39, 0.29) is 56.4 Å². The third kappa shape index (κ3) is 6.08. The van der Waals surface area contributed by atoms with Crippen molar-refractivity contribution in [2.24, 2.45) is 0 Å². The van der Waals surface area contributed by atoms with Gasteiger partial charge in [-0.2, -0.15) is 4.31 Å². The highest BCUT2D eigenvalue weighted by atomic mass is 35.5. The molecule has 39 heavy (non-hydrogen) atoms. The van der Waals surface area contributed by atoms with Crippen molar-refractivity contribution < 1.29 is 37.0 Å². The topological polar surface area (TPSA) is 112 Å². The van der Waals surface area contributed by atoms with Crippen LogP contribution in [-0.2, 0) is 19.5 Å². The van der Waals surface area contributed by atoms with Crippen LogP contribution in [0.1, 0.15) is 53.0 Å². The van der Waals surface area contributed by atoms with Crippen LogP contribution in [0, 0.1) is 0 Å². The highest BCUT2D eigenvalue weighted by molar-refractivity contribution is 7.90. The lowest BCUT2D eigenvalue weighted by Gasteiger charge is -2.32. The maximum Gasteiger partial charge on any atom is 0.343 e. The molecule has 0 aromatic heterocycles. The molecule has 0 radical (unpaired) electrons. The summed E-state index contributed by atoms with van der Waals surface area (Å²) in [6, 6.07) is 5.86. The minimum Gasteiger partial charge on any atom is -0.497 e. The average Bonchev–Trinajstić information content (AvgIpc) is 3.08. The molecule has 2 aliphatic heterocycles.